The molecule has 2 unspecified atom stereocenters. The van der Waals surface area contributed by atoms with Crippen molar-refractivity contribution in [2.24, 2.45) is 0 Å². The molecule has 0 bridgehead atoms. The Morgan fingerprint density at radius 2 is 2.00 bits per heavy atom. The number of benzene rings is 1. The van der Waals surface area contributed by atoms with Gasteiger partial charge in [0, 0.05) is 11.1 Å². The van der Waals surface area contributed by atoms with Crippen LogP contribution in [0.4, 0.5) is 4.39 Å². The minimum absolute atomic E-state index is 0.0156. The third-order valence-corrected chi connectivity index (χ3v) is 5.61. The lowest BCUT2D eigenvalue weighted by Crippen LogP contribution is -2.55. The minimum Gasteiger partial charge on any atom is -0.311 e. The normalized spacial score (nSPS) is 21.0. The molecule has 4 heteroatoms. The van der Waals surface area contributed by atoms with Gasteiger partial charge in [-0.3, -0.25) is 4.90 Å². The molecule has 0 aliphatic carbocycles. The number of halogens is 2. The molecule has 0 spiro atoms. The van der Waals surface area contributed by atoms with E-state index < -0.39 is 0 Å². The van der Waals surface area contributed by atoms with Crippen LogP contribution in [0.1, 0.15) is 51.1 Å². The lowest BCUT2D eigenvalue weighted by molar-refractivity contribution is 0.0437. The predicted octanol–water partition coefficient (Wildman–Crippen LogP) is 4.50. The van der Waals surface area contributed by atoms with E-state index in [2.05, 4.69) is 40.0 Å². The lowest BCUT2D eigenvalue weighted by Gasteiger charge is -2.48. The molecule has 1 aromatic rings. The first-order chi connectivity index (χ1) is 10.0. The Bertz CT molecular complexity index is 474. The second-order valence-electron chi connectivity index (χ2n) is 6.12. The van der Waals surface area contributed by atoms with Crippen LogP contribution in [0.2, 0.25) is 0 Å². The van der Waals surface area contributed by atoms with Gasteiger partial charge in [-0.05, 0) is 68.3 Å². The third-order valence-electron chi connectivity index (χ3n) is 5.00. The van der Waals surface area contributed by atoms with Crippen molar-refractivity contribution >= 4 is 15.9 Å². The number of rotatable bonds is 5. The van der Waals surface area contributed by atoms with Gasteiger partial charge in [0.1, 0.15) is 5.82 Å². The van der Waals surface area contributed by atoms with Crippen LogP contribution in [0.25, 0.3) is 0 Å². The molecule has 1 aliphatic heterocycles. The van der Waals surface area contributed by atoms with E-state index in [1.54, 1.807) is 6.07 Å². The molecular formula is C17H26BrFN2. The van der Waals surface area contributed by atoms with Gasteiger partial charge in [-0.1, -0.05) is 25.5 Å². The van der Waals surface area contributed by atoms with Crippen molar-refractivity contribution in [3.05, 3.63) is 34.1 Å². The van der Waals surface area contributed by atoms with E-state index in [9.17, 15) is 4.39 Å². The summed E-state index contributed by atoms with van der Waals surface area (Å²) in [6.45, 7) is 6.69. The minimum atomic E-state index is -0.145. The van der Waals surface area contributed by atoms with Crippen LogP contribution in [0.5, 0.6) is 0 Å². The summed E-state index contributed by atoms with van der Waals surface area (Å²) in [5.41, 5.74) is 0.679. The molecule has 0 amide bonds. The topological polar surface area (TPSA) is 15.3 Å². The molecule has 1 saturated heterocycles. The zero-order valence-corrected chi connectivity index (χ0v) is 14.8. The first-order valence-electron chi connectivity index (χ1n) is 7.90. The summed E-state index contributed by atoms with van der Waals surface area (Å²) in [6, 6.07) is 5.56. The molecule has 0 saturated carbocycles. The van der Waals surface area contributed by atoms with Gasteiger partial charge in [0.15, 0.2) is 0 Å². The summed E-state index contributed by atoms with van der Waals surface area (Å²) in [6.07, 6.45) is 4.79. The number of likely N-dealkylation sites (tertiary alicyclic amines) is 1. The molecule has 1 aliphatic rings. The van der Waals surface area contributed by atoms with Gasteiger partial charge in [0.25, 0.3) is 0 Å². The second-order valence-corrected chi connectivity index (χ2v) is 6.98. The van der Waals surface area contributed by atoms with Crippen LogP contribution in [0, 0.1) is 5.82 Å². The number of nitrogens with zero attached hydrogens (tertiary/aromatic N) is 1. The zero-order chi connectivity index (χ0) is 15.5. The Balaban J connectivity index is 2.38. The SMILES string of the molecule is CCC(C)(C(NC)c1cccc(Br)c1F)N1CCCCC1. The maximum absolute atomic E-state index is 14.6. The van der Waals surface area contributed by atoms with Crippen molar-refractivity contribution in [2.75, 3.05) is 20.1 Å². The highest BCUT2D eigenvalue weighted by molar-refractivity contribution is 9.10. The van der Waals surface area contributed by atoms with Gasteiger partial charge in [-0.2, -0.15) is 0 Å². The number of likely N-dealkylation sites (N-methyl/N-ethyl adjacent to an activating group) is 1. The average Bonchev–Trinajstić information content (AvgIpc) is 2.52. The Hall–Kier alpha value is -0.450. The zero-order valence-electron chi connectivity index (χ0n) is 13.3. The van der Waals surface area contributed by atoms with Crippen molar-refractivity contribution in [3.63, 3.8) is 0 Å². The van der Waals surface area contributed by atoms with Gasteiger partial charge in [-0.15, -0.1) is 0 Å². The van der Waals surface area contributed by atoms with Gasteiger partial charge in [-0.25, -0.2) is 4.39 Å². The fourth-order valence-electron chi connectivity index (χ4n) is 3.56. The number of nitrogens with one attached hydrogen (secondary N) is 1. The van der Waals surface area contributed by atoms with Crippen LogP contribution < -0.4 is 5.32 Å². The van der Waals surface area contributed by atoms with E-state index >= 15 is 0 Å². The highest BCUT2D eigenvalue weighted by Crippen LogP contribution is 2.38. The molecule has 2 atom stereocenters. The highest BCUT2D eigenvalue weighted by Gasteiger charge is 2.40. The van der Waals surface area contributed by atoms with Crippen LogP contribution in [-0.4, -0.2) is 30.6 Å². The molecule has 2 rings (SSSR count). The van der Waals surface area contributed by atoms with E-state index in [-0.39, 0.29) is 17.4 Å². The van der Waals surface area contributed by atoms with Crippen LogP contribution in [0.15, 0.2) is 22.7 Å². The Morgan fingerprint density at radius 3 is 2.57 bits per heavy atom. The first-order valence-corrected chi connectivity index (χ1v) is 8.70. The number of hydrogen-bond donors (Lipinski definition) is 1. The van der Waals surface area contributed by atoms with Crippen molar-refractivity contribution < 1.29 is 4.39 Å². The summed E-state index contributed by atoms with van der Waals surface area (Å²) in [7, 11) is 1.93. The van der Waals surface area contributed by atoms with E-state index in [1.807, 2.05) is 19.2 Å². The van der Waals surface area contributed by atoms with Crippen molar-refractivity contribution in [3.8, 4) is 0 Å². The molecule has 1 heterocycles. The number of hydrogen-bond acceptors (Lipinski definition) is 2. The van der Waals surface area contributed by atoms with Crippen molar-refractivity contribution in [1.82, 2.24) is 10.2 Å². The molecule has 118 valence electrons. The predicted molar refractivity (Wildman–Crippen MR) is 90.0 cm³/mol. The fraction of sp³-hybridized carbons (Fsp3) is 0.647. The molecule has 0 aromatic heterocycles. The maximum atomic E-state index is 14.6. The van der Waals surface area contributed by atoms with Crippen molar-refractivity contribution in [2.45, 2.75) is 51.1 Å². The largest absolute Gasteiger partial charge is 0.311 e. The lowest BCUT2D eigenvalue weighted by atomic mass is 9.81. The van der Waals surface area contributed by atoms with Crippen LogP contribution in [0.3, 0.4) is 0 Å². The average molecular weight is 357 g/mol. The first kappa shape index (κ1) is 16.9. The van der Waals surface area contributed by atoms with E-state index in [4.69, 9.17) is 0 Å². The Morgan fingerprint density at radius 1 is 1.33 bits per heavy atom. The molecular weight excluding hydrogens is 331 g/mol. The quantitative estimate of drug-likeness (QED) is 0.835. The standard InChI is InChI=1S/C17H26BrFN2/c1-4-17(2,21-11-6-5-7-12-21)16(20-3)13-9-8-10-14(18)15(13)19/h8-10,16,20H,4-7,11-12H2,1-3H3. The molecule has 0 radical (unpaired) electrons. The second kappa shape index (κ2) is 7.21. The Labute approximate surface area is 136 Å². The van der Waals surface area contributed by atoms with Gasteiger partial charge < -0.3 is 5.32 Å². The van der Waals surface area contributed by atoms with E-state index in [0.717, 1.165) is 25.1 Å². The summed E-state index contributed by atoms with van der Waals surface area (Å²) in [5, 5.41) is 3.37. The molecule has 1 N–H and O–H groups in total. The van der Waals surface area contributed by atoms with E-state index in [0.29, 0.717) is 4.47 Å². The summed E-state index contributed by atoms with van der Waals surface area (Å²) in [5.74, 6) is -0.145. The summed E-state index contributed by atoms with van der Waals surface area (Å²) < 4.78 is 15.1. The molecule has 21 heavy (non-hydrogen) atoms. The van der Waals surface area contributed by atoms with E-state index in [1.165, 1.54) is 19.3 Å². The van der Waals surface area contributed by atoms with Gasteiger partial charge in [0.2, 0.25) is 0 Å². The highest BCUT2D eigenvalue weighted by atomic mass is 79.9. The van der Waals surface area contributed by atoms with Gasteiger partial charge >= 0.3 is 0 Å². The smallest absolute Gasteiger partial charge is 0.142 e. The van der Waals surface area contributed by atoms with Gasteiger partial charge in [0.05, 0.1) is 10.5 Å². The monoisotopic (exact) mass is 356 g/mol. The molecule has 1 fully saturated rings. The maximum Gasteiger partial charge on any atom is 0.142 e. The Kier molecular flexibility index (Phi) is 5.81. The molecule has 1 aromatic carbocycles. The molecule has 2 nitrogen and oxygen atoms in total. The summed E-state index contributed by atoms with van der Waals surface area (Å²) in [4.78, 5) is 2.54. The van der Waals surface area contributed by atoms with Crippen LogP contribution in [-0.2, 0) is 0 Å². The number of piperidine rings is 1. The fourth-order valence-corrected chi connectivity index (χ4v) is 3.94. The third kappa shape index (κ3) is 3.33. The van der Waals surface area contributed by atoms with Crippen LogP contribution >= 0.6 is 15.9 Å². The van der Waals surface area contributed by atoms with Crippen molar-refractivity contribution in [1.29, 1.82) is 0 Å². The summed E-state index contributed by atoms with van der Waals surface area (Å²) >= 11 is 3.31.